The van der Waals surface area contributed by atoms with Crippen molar-refractivity contribution in [1.29, 1.82) is 0 Å². The van der Waals surface area contributed by atoms with Gasteiger partial charge >= 0.3 is 0 Å². The van der Waals surface area contributed by atoms with Crippen LogP contribution in [0.15, 0.2) is 76.5 Å². The monoisotopic (exact) mass is 444 g/mol. The zero-order valence-electron chi connectivity index (χ0n) is 18.0. The second kappa shape index (κ2) is 8.67. The van der Waals surface area contributed by atoms with Crippen molar-refractivity contribution >= 4 is 17.7 Å². The summed E-state index contributed by atoms with van der Waals surface area (Å²) in [6.07, 6.45) is 1.66. The van der Waals surface area contributed by atoms with Crippen molar-refractivity contribution < 1.29 is 9.21 Å². The first-order valence-electron chi connectivity index (χ1n) is 10.7. The molecule has 0 unspecified atom stereocenters. The van der Waals surface area contributed by atoms with E-state index < -0.39 is 0 Å². The Bertz CT molecular complexity index is 1200. The van der Waals surface area contributed by atoms with E-state index in [9.17, 15) is 4.79 Å². The molecular formula is C25H24N4O2S. The lowest BCUT2D eigenvalue weighted by Crippen LogP contribution is -2.29. The number of carbonyl (C=O) groups excluding carboxylic acids is 1. The van der Waals surface area contributed by atoms with Crippen molar-refractivity contribution in [3.8, 4) is 11.1 Å². The molecule has 0 saturated carbocycles. The molecule has 0 saturated heterocycles. The van der Waals surface area contributed by atoms with Crippen molar-refractivity contribution in [2.24, 2.45) is 0 Å². The molecule has 7 heteroatoms. The van der Waals surface area contributed by atoms with Crippen LogP contribution in [-0.4, -0.2) is 26.4 Å². The summed E-state index contributed by atoms with van der Waals surface area (Å²) in [5.41, 5.74) is 4.63. The molecule has 1 aliphatic rings. The van der Waals surface area contributed by atoms with Gasteiger partial charge in [-0.25, -0.2) is 0 Å². The minimum Gasteiger partial charge on any atom is -0.467 e. The fourth-order valence-corrected chi connectivity index (χ4v) is 4.94. The van der Waals surface area contributed by atoms with E-state index in [4.69, 9.17) is 4.42 Å². The number of aromatic nitrogens is 3. The summed E-state index contributed by atoms with van der Waals surface area (Å²) in [6.45, 7) is 4.71. The van der Waals surface area contributed by atoms with E-state index in [0.29, 0.717) is 11.7 Å². The van der Waals surface area contributed by atoms with Crippen LogP contribution in [0.2, 0.25) is 0 Å². The predicted molar refractivity (Wildman–Crippen MR) is 125 cm³/mol. The van der Waals surface area contributed by atoms with Crippen molar-refractivity contribution in [2.75, 3.05) is 5.75 Å². The number of amides is 1. The maximum atomic E-state index is 13.0. The Hall–Kier alpha value is -3.32. The number of nitrogens with one attached hydrogen (secondary N) is 1. The maximum absolute atomic E-state index is 13.0. The second-order valence-corrected chi connectivity index (χ2v) is 9.07. The highest BCUT2D eigenvalue weighted by atomic mass is 32.2. The van der Waals surface area contributed by atoms with Crippen LogP contribution in [0.1, 0.15) is 48.5 Å². The van der Waals surface area contributed by atoms with Crippen molar-refractivity contribution in [3.63, 3.8) is 0 Å². The molecule has 0 aliphatic heterocycles. The molecule has 0 radical (unpaired) electrons. The summed E-state index contributed by atoms with van der Waals surface area (Å²) in [7, 11) is 0. The normalized spacial score (nSPS) is 12.7. The molecule has 6 nitrogen and oxygen atoms in total. The Kier molecular flexibility index (Phi) is 5.57. The fourth-order valence-electron chi connectivity index (χ4n) is 4.18. The largest absolute Gasteiger partial charge is 0.467 e. The van der Waals surface area contributed by atoms with Crippen molar-refractivity contribution in [3.05, 3.63) is 89.6 Å². The molecule has 32 heavy (non-hydrogen) atoms. The minimum absolute atomic E-state index is 0.0369. The molecule has 0 spiro atoms. The van der Waals surface area contributed by atoms with Crippen LogP contribution in [0.3, 0.4) is 0 Å². The Morgan fingerprint density at radius 3 is 2.34 bits per heavy atom. The summed E-state index contributed by atoms with van der Waals surface area (Å²) in [6, 6.07) is 20.2. The van der Waals surface area contributed by atoms with E-state index in [1.165, 1.54) is 22.9 Å². The first-order valence-corrected chi connectivity index (χ1v) is 11.7. The Morgan fingerprint density at radius 2 is 1.72 bits per heavy atom. The van der Waals surface area contributed by atoms with Crippen LogP contribution >= 0.6 is 11.8 Å². The quantitative estimate of drug-likeness (QED) is 0.405. The summed E-state index contributed by atoms with van der Waals surface area (Å²) in [5.74, 6) is 2.15. The van der Waals surface area contributed by atoms with Gasteiger partial charge in [-0.1, -0.05) is 74.1 Å². The predicted octanol–water partition coefficient (Wildman–Crippen LogP) is 5.02. The summed E-state index contributed by atoms with van der Waals surface area (Å²) in [4.78, 5) is 13.0. The molecule has 0 atom stereocenters. The Balaban J connectivity index is 1.32. The third-order valence-electron chi connectivity index (χ3n) is 5.63. The standard InChI is InChI=1S/C25H24N4O2S/c1-16(2)24-27-28-25(29(24)14-17-8-7-13-31-17)32-15-22(30)26-23-20-11-5-3-9-18(20)19-10-4-6-12-21(19)23/h3-13,16,23H,14-15H2,1-2H3,(H,26,30). The van der Waals surface area contributed by atoms with E-state index in [2.05, 4.69) is 53.6 Å². The van der Waals surface area contributed by atoms with Crippen LogP contribution in [0.5, 0.6) is 0 Å². The number of hydrogen-bond acceptors (Lipinski definition) is 5. The van der Waals surface area contributed by atoms with Crippen LogP contribution in [0.4, 0.5) is 0 Å². The third kappa shape index (κ3) is 3.84. The molecule has 0 bridgehead atoms. The van der Waals surface area contributed by atoms with Gasteiger partial charge in [0.2, 0.25) is 5.91 Å². The molecular weight excluding hydrogens is 420 g/mol. The van der Waals surface area contributed by atoms with Gasteiger partial charge in [0.05, 0.1) is 24.6 Å². The second-order valence-electron chi connectivity index (χ2n) is 8.12. The van der Waals surface area contributed by atoms with Crippen molar-refractivity contribution in [2.45, 2.75) is 37.5 Å². The van der Waals surface area contributed by atoms with Gasteiger partial charge in [-0.3, -0.25) is 9.36 Å². The summed E-state index contributed by atoms with van der Waals surface area (Å²) < 4.78 is 7.54. The Morgan fingerprint density at radius 1 is 1.03 bits per heavy atom. The highest BCUT2D eigenvalue weighted by Gasteiger charge is 2.29. The molecule has 1 N–H and O–H groups in total. The third-order valence-corrected chi connectivity index (χ3v) is 6.59. The Labute approximate surface area is 191 Å². The summed E-state index contributed by atoms with van der Waals surface area (Å²) in [5, 5.41) is 12.6. The molecule has 0 fully saturated rings. The van der Waals surface area contributed by atoms with E-state index in [1.54, 1.807) is 6.26 Å². The first-order chi connectivity index (χ1) is 15.6. The number of carbonyl (C=O) groups is 1. The lowest BCUT2D eigenvalue weighted by molar-refractivity contribution is -0.119. The van der Waals surface area contributed by atoms with Gasteiger partial charge in [0.1, 0.15) is 11.6 Å². The number of fused-ring (bicyclic) bond motifs is 3. The van der Waals surface area contributed by atoms with Crippen molar-refractivity contribution in [1.82, 2.24) is 20.1 Å². The average Bonchev–Trinajstić information content (AvgIpc) is 3.52. The molecule has 1 aliphatic carbocycles. The summed E-state index contributed by atoms with van der Waals surface area (Å²) >= 11 is 1.40. The van der Waals surface area contributed by atoms with E-state index >= 15 is 0 Å². The number of rotatable bonds is 7. The van der Waals surface area contributed by atoms with Gasteiger partial charge in [0, 0.05) is 5.92 Å². The van der Waals surface area contributed by atoms with Gasteiger partial charge in [0.15, 0.2) is 5.16 Å². The zero-order chi connectivity index (χ0) is 22.1. The topological polar surface area (TPSA) is 73.0 Å². The molecule has 2 heterocycles. The smallest absolute Gasteiger partial charge is 0.231 e. The molecule has 2 aromatic heterocycles. The molecule has 5 rings (SSSR count). The van der Waals surface area contributed by atoms with Crippen LogP contribution in [0, 0.1) is 0 Å². The van der Waals surface area contributed by atoms with Crippen LogP contribution in [-0.2, 0) is 11.3 Å². The lowest BCUT2D eigenvalue weighted by atomic mass is 10.1. The van der Waals surface area contributed by atoms with E-state index in [0.717, 1.165) is 22.7 Å². The maximum Gasteiger partial charge on any atom is 0.231 e. The van der Waals surface area contributed by atoms with Gasteiger partial charge in [0.25, 0.3) is 0 Å². The fraction of sp³-hybridized carbons (Fsp3) is 0.240. The molecule has 4 aromatic rings. The number of benzene rings is 2. The zero-order valence-corrected chi connectivity index (χ0v) is 18.8. The minimum atomic E-state index is -0.136. The number of thioether (sulfide) groups is 1. The van der Waals surface area contributed by atoms with Crippen LogP contribution < -0.4 is 5.32 Å². The number of nitrogens with zero attached hydrogens (tertiary/aromatic N) is 3. The first kappa shape index (κ1) is 20.6. The average molecular weight is 445 g/mol. The highest BCUT2D eigenvalue weighted by Crippen LogP contribution is 2.43. The number of hydrogen-bond donors (Lipinski definition) is 1. The number of furan rings is 1. The molecule has 1 amide bonds. The van der Waals surface area contributed by atoms with Gasteiger partial charge < -0.3 is 9.73 Å². The van der Waals surface area contributed by atoms with E-state index in [-0.39, 0.29) is 23.6 Å². The molecule has 2 aromatic carbocycles. The van der Waals surface area contributed by atoms with E-state index in [1.807, 2.05) is 41.0 Å². The van der Waals surface area contributed by atoms with Gasteiger partial charge in [-0.05, 0) is 34.4 Å². The van der Waals surface area contributed by atoms with Crippen LogP contribution in [0.25, 0.3) is 11.1 Å². The lowest BCUT2D eigenvalue weighted by Gasteiger charge is -2.16. The molecule has 162 valence electrons. The SMILES string of the molecule is CC(C)c1nnc(SCC(=O)NC2c3ccccc3-c3ccccc32)n1Cc1ccco1. The van der Waals surface area contributed by atoms with Gasteiger partial charge in [-0.15, -0.1) is 10.2 Å². The van der Waals surface area contributed by atoms with Gasteiger partial charge in [-0.2, -0.15) is 0 Å². The highest BCUT2D eigenvalue weighted by molar-refractivity contribution is 7.99.